The highest BCUT2D eigenvalue weighted by Gasteiger charge is 2.06. The molecule has 0 aromatic heterocycles. The maximum absolute atomic E-state index is 11.6. The quantitative estimate of drug-likeness (QED) is 0.729. The number of hydrogen-bond acceptors (Lipinski definition) is 2. The first-order valence-electron chi connectivity index (χ1n) is 4.89. The Morgan fingerprint density at radius 2 is 2.13 bits per heavy atom. The molecule has 3 heteroatoms. The first-order chi connectivity index (χ1) is 7.17. The molecule has 1 aromatic carbocycles. The van der Waals surface area contributed by atoms with Crippen LogP contribution < -0.4 is 11.1 Å². The van der Waals surface area contributed by atoms with Gasteiger partial charge in [-0.2, -0.15) is 0 Å². The molecule has 0 spiro atoms. The fourth-order valence-corrected chi connectivity index (χ4v) is 1.14. The van der Waals surface area contributed by atoms with E-state index in [0.717, 1.165) is 5.56 Å². The minimum atomic E-state index is -0.0917. The van der Waals surface area contributed by atoms with Crippen molar-refractivity contribution in [2.24, 2.45) is 5.73 Å². The van der Waals surface area contributed by atoms with Crippen molar-refractivity contribution in [1.82, 2.24) is 5.32 Å². The summed E-state index contributed by atoms with van der Waals surface area (Å²) >= 11 is 0. The average Bonchev–Trinajstić information content (AvgIpc) is 2.29. The molecule has 3 nitrogen and oxygen atoms in total. The molecule has 0 radical (unpaired) electrons. The van der Waals surface area contributed by atoms with E-state index in [2.05, 4.69) is 11.9 Å². The van der Waals surface area contributed by atoms with Crippen molar-refractivity contribution in [3.63, 3.8) is 0 Å². The third kappa shape index (κ3) is 3.22. The second-order valence-electron chi connectivity index (χ2n) is 3.40. The molecule has 80 valence electrons. The lowest BCUT2D eigenvalue weighted by Gasteiger charge is -2.09. The zero-order valence-corrected chi connectivity index (χ0v) is 8.86. The zero-order valence-electron chi connectivity index (χ0n) is 8.86. The van der Waals surface area contributed by atoms with Gasteiger partial charge in [0, 0.05) is 18.2 Å². The van der Waals surface area contributed by atoms with Crippen LogP contribution in [0.3, 0.4) is 0 Å². The van der Waals surface area contributed by atoms with Gasteiger partial charge in [-0.25, -0.2) is 0 Å². The Morgan fingerprint density at radius 1 is 1.53 bits per heavy atom. The van der Waals surface area contributed by atoms with Gasteiger partial charge in [0.25, 0.3) is 5.91 Å². The summed E-state index contributed by atoms with van der Waals surface area (Å²) in [6, 6.07) is 7.23. The van der Waals surface area contributed by atoms with E-state index in [-0.39, 0.29) is 11.9 Å². The van der Waals surface area contributed by atoms with E-state index in [1.807, 2.05) is 19.1 Å². The van der Waals surface area contributed by atoms with Crippen LogP contribution in [0.15, 0.2) is 36.9 Å². The van der Waals surface area contributed by atoms with E-state index in [9.17, 15) is 4.79 Å². The number of benzene rings is 1. The molecule has 0 bridgehead atoms. The fourth-order valence-electron chi connectivity index (χ4n) is 1.14. The summed E-state index contributed by atoms with van der Waals surface area (Å²) < 4.78 is 0. The van der Waals surface area contributed by atoms with Gasteiger partial charge in [-0.3, -0.25) is 4.79 Å². The molecule has 1 atom stereocenters. The van der Waals surface area contributed by atoms with Crippen molar-refractivity contribution in [3.05, 3.63) is 48.0 Å². The van der Waals surface area contributed by atoms with Gasteiger partial charge in [0.05, 0.1) is 0 Å². The van der Waals surface area contributed by atoms with Crippen LogP contribution >= 0.6 is 0 Å². The Labute approximate surface area is 90.0 Å². The minimum absolute atomic E-state index is 0.0216. The second-order valence-corrected chi connectivity index (χ2v) is 3.40. The molecule has 1 unspecified atom stereocenters. The van der Waals surface area contributed by atoms with Gasteiger partial charge in [0.15, 0.2) is 0 Å². The molecular weight excluding hydrogens is 188 g/mol. The van der Waals surface area contributed by atoms with Gasteiger partial charge in [-0.15, -0.1) is 6.58 Å². The summed E-state index contributed by atoms with van der Waals surface area (Å²) in [6.07, 6.45) is 1.69. The number of amides is 1. The SMILES string of the molecule is C=CC(C)NC(=O)c1ccc(CN)cc1. The highest BCUT2D eigenvalue weighted by molar-refractivity contribution is 5.94. The van der Waals surface area contributed by atoms with Gasteiger partial charge in [-0.05, 0) is 24.6 Å². The summed E-state index contributed by atoms with van der Waals surface area (Å²) in [5, 5.41) is 2.80. The predicted octanol–water partition coefficient (Wildman–Crippen LogP) is 1.45. The summed E-state index contributed by atoms with van der Waals surface area (Å²) in [6.45, 7) is 5.97. The lowest BCUT2D eigenvalue weighted by atomic mass is 10.1. The van der Waals surface area contributed by atoms with E-state index >= 15 is 0 Å². The van der Waals surface area contributed by atoms with Gasteiger partial charge in [0.2, 0.25) is 0 Å². The zero-order chi connectivity index (χ0) is 11.3. The molecular formula is C12H16N2O. The summed E-state index contributed by atoms with van der Waals surface area (Å²) in [4.78, 5) is 11.6. The molecule has 0 aliphatic rings. The van der Waals surface area contributed by atoms with Crippen molar-refractivity contribution in [2.75, 3.05) is 0 Å². The Balaban J connectivity index is 2.70. The largest absolute Gasteiger partial charge is 0.346 e. The Bertz CT molecular complexity index is 343. The van der Waals surface area contributed by atoms with Crippen LogP contribution in [-0.4, -0.2) is 11.9 Å². The van der Waals surface area contributed by atoms with E-state index < -0.39 is 0 Å². The number of nitrogens with two attached hydrogens (primary N) is 1. The maximum Gasteiger partial charge on any atom is 0.251 e. The van der Waals surface area contributed by atoms with E-state index in [1.165, 1.54) is 0 Å². The van der Waals surface area contributed by atoms with Gasteiger partial charge in [0.1, 0.15) is 0 Å². The Kier molecular flexibility index (Phi) is 4.06. The lowest BCUT2D eigenvalue weighted by Crippen LogP contribution is -2.30. The molecule has 0 saturated heterocycles. The van der Waals surface area contributed by atoms with E-state index in [1.54, 1.807) is 18.2 Å². The van der Waals surface area contributed by atoms with Gasteiger partial charge >= 0.3 is 0 Å². The highest BCUT2D eigenvalue weighted by atomic mass is 16.1. The standard InChI is InChI=1S/C12H16N2O/c1-3-9(2)14-12(15)11-6-4-10(8-13)5-7-11/h3-7,9H,1,8,13H2,2H3,(H,14,15). The maximum atomic E-state index is 11.6. The monoisotopic (exact) mass is 204 g/mol. The molecule has 1 rings (SSSR count). The van der Waals surface area contributed by atoms with Crippen molar-refractivity contribution >= 4 is 5.91 Å². The predicted molar refractivity (Wildman–Crippen MR) is 61.5 cm³/mol. The first-order valence-corrected chi connectivity index (χ1v) is 4.89. The minimum Gasteiger partial charge on any atom is -0.346 e. The third-order valence-corrected chi connectivity index (χ3v) is 2.16. The van der Waals surface area contributed by atoms with Crippen molar-refractivity contribution in [2.45, 2.75) is 19.5 Å². The van der Waals surface area contributed by atoms with Crippen LogP contribution in [0.2, 0.25) is 0 Å². The third-order valence-electron chi connectivity index (χ3n) is 2.16. The lowest BCUT2D eigenvalue weighted by molar-refractivity contribution is 0.0947. The fraction of sp³-hybridized carbons (Fsp3) is 0.250. The number of hydrogen-bond donors (Lipinski definition) is 2. The van der Waals surface area contributed by atoms with Crippen molar-refractivity contribution in [1.29, 1.82) is 0 Å². The number of carbonyl (C=O) groups is 1. The summed E-state index contributed by atoms with van der Waals surface area (Å²) in [7, 11) is 0. The molecule has 0 fully saturated rings. The van der Waals surface area contributed by atoms with Crippen LogP contribution in [0.4, 0.5) is 0 Å². The molecule has 0 saturated carbocycles. The van der Waals surface area contributed by atoms with E-state index in [0.29, 0.717) is 12.1 Å². The first kappa shape index (κ1) is 11.5. The van der Waals surface area contributed by atoms with Crippen LogP contribution in [0.1, 0.15) is 22.8 Å². The highest BCUT2D eigenvalue weighted by Crippen LogP contribution is 2.04. The van der Waals surface area contributed by atoms with Gasteiger partial charge in [-0.1, -0.05) is 18.2 Å². The van der Waals surface area contributed by atoms with Crippen LogP contribution in [0, 0.1) is 0 Å². The Hall–Kier alpha value is -1.61. The van der Waals surface area contributed by atoms with Gasteiger partial charge < -0.3 is 11.1 Å². The molecule has 1 aromatic rings. The van der Waals surface area contributed by atoms with Crippen LogP contribution in [-0.2, 0) is 6.54 Å². The number of rotatable bonds is 4. The van der Waals surface area contributed by atoms with Crippen molar-refractivity contribution < 1.29 is 4.79 Å². The van der Waals surface area contributed by atoms with Crippen LogP contribution in [0.5, 0.6) is 0 Å². The van der Waals surface area contributed by atoms with E-state index in [4.69, 9.17) is 5.73 Å². The number of nitrogens with one attached hydrogen (secondary N) is 1. The topological polar surface area (TPSA) is 55.1 Å². The van der Waals surface area contributed by atoms with Crippen LogP contribution in [0.25, 0.3) is 0 Å². The Morgan fingerprint density at radius 3 is 2.60 bits per heavy atom. The molecule has 0 heterocycles. The molecule has 1 amide bonds. The smallest absolute Gasteiger partial charge is 0.251 e. The summed E-state index contributed by atoms with van der Waals surface area (Å²) in [5.41, 5.74) is 7.12. The normalized spacial score (nSPS) is 11.9. The molecule has 0 aliphatic heterocycles. The number of carbonyl (C=O) groups excluding carboxylic acids is 1. The van der Waals surface area contributed by atoms with Crippen molar-refractivity contribution in [3.8, 4) is 0 Å². The molecule has 15 heavy (non-hydrogen) atoms. The second kappa shape index (κ2) is 5.32. The summed E-state index contributed by atoms with van der Waals surface area (Å²) in [5.74, 6) is -0.0917. The molecule has 0 aliphatic carbocycles. The average molecular weight is 204 g/mol. The molecule has 3 N–H and O–H groups in total.